The monoisotopic (exact) mass is 549 g/mol. The van der Waals surface area contributed by atoms with Gasteiger partial charge in [-0.3, -0.25) is 14.4 Å². The van der Waals surface area contributed by atoms with E-state index in [4.69, 9.17) is 17.2 Å². The van der Waals surface area contributed by atoms with Crippen LogP contribution in [-0.2, 0) is 20.8 Å². The number of hydrogen-bond donors (Lipinski definition) is 6. The number of rotatable bonds is 16. The van der Waals surface area contributed by atoms with E-state index in [-0.39, 0.29) is 24.8 Å². The first-order chi connectivity index (χ1) is 19.4. The predicted molar refractivity (Wildman–Crippen MR) is 156 cm³/mol. The number of nitrogens with two attached hydrogens (primary N) is 3. The number of nitrogens with one attached hydrogen (secondary N) is 4. The molecule has 0 radical (unpaired) electrons. The highest BCUT2D eigenvalue weighted by atomic mass is 16.2. The zero-order chi connectivity index (χ0) is 28.7. The molecule has 0 saturated heterocycles. The summed E-state index contributed by atoms with van der Waals surface area (Å²) in [5.74, 6) is -1.22. The number of carbonyl (C=O) groups excluding carboxylic acids is 3. The van der Waals surface area contributed by atoms with Gasteiger partial charge < -0.3 is 38.1 Å². The topological polar surface area (TPSA) is 183 Å². The van der Waals surface area contributed by atoms with E-state index in [0.29, 0.717) is 51.3 Å². The number of para-hydroxylation sites is 1. The number of amides is 3. The van der Waals surface area contributed by atoms with Gasteiger partial charge in [0.25, 0.3) is 0 Å². The summed E-state index contributed by atoms with van der Waals surface area (Å²) in [6.45, 7) is 2.75. The highest BCUT2D eigenvalue weighted by molar-refractivity contribution is 5.99. The van der Waals surface area contributed by atoms with Crippen molar-refractivity contribution in [1.29, 1.82) is 0 Å². The third-order valence-corrected chi connectivity index (χ3v) is 6.48. The lowest BCUT2D eigenvalue weighted by Crippen LogP contribution is -2.52. The molecule has 1 heterocycles. The van der Waals surface area contributed by atoms with Crippen molar-refractivity contribution in [2.75, 3.05) is 44.6 Å². The van der Waals surface area contributed by atoms with E-state index in [1.165, 1.54) is 0 Å². The number of benzene rings is 2. The van der Waals surface area contributed by atoms with E-state index >= 15 is 0 Å². The number of H-pyrrole nitrogens is 1. The number of aromatic amines is 1. The average Bonchev–Trinajstić information content (AvgIpc) is 2.97. The van der Waals surface area contributed by atoms with Gasteiger partial charge in [0, 0.05) is 50.7 Å². The molecule has 0 aliphatic carbocycles. The SMILES string of the molecule is NCCNCCN(CCN)C(=O)C[C@H](N)C(=O)N[C@@H](CCc1ccccc1)C(=O)Nc1c[nH+]c2ccccc2c1. The normalized spacial score (nSPS) is 12.5. The van der Waals surface area contributed by atoms with E-state index in [1.54, 1.807) is 11.1 Å². The first-order valence-electron chi connectivity index (χ1n) is 13.6. The first kappa shape index (κ1) is 30.6. The van der Waals surface area contributed by atoms with Gasteiger partial charge in [-0.05, 0) is 30.5 Å². The Kier molecular flexibility index (Phi) is 12.5. The fraction of sp³-hybridized carbons (Fsp3) is 0.379. The van der Waals surface area contributed by atoms with Crippen molar-refractivity contribution < 1.29 is 19.4 Å². The highest BCUT2D eigenvalue weighted by Crippen LogP contribution is 2.15. The molecular weight excluding hydrogens is 508 g/mol. The summed E-state index contributed by atoms with van der Waals surface area (Å²) in [5, 5.41) is 9.74. The molecule has 10 N–H and O–H groups in total. The molecule has 11 heteroatoms. The smallest absolute Gasteiger partial charge is 0.247 e. The van der Waals surface area contributed by atoms with Crippen LogP contribution in [0.4, 0.5) is 5.69 Å². The number of nitrogens with zero attached hydrogens (tertiary/aromatic N) is 1. The lowest BCUT2D eigenvalue weighted by atomic mass is 10.0. The van der Waals surface area contributed by atoms with Gasteiger partial charge in [-0.25, -0.2) is 4.98 Å². The number of hydrogen-bond acceptors (Lipinski definition) is 7. The maximum atomic E-state index is 13.3. The van der Waals surface area contributed by atoms with Crippen LogP contribution in [0.2, 0.25) is 0 Å². The summed E-state index contributed by atoms with van der Waals surface area (Å²) < 4.78 is 0. The molecule has 3 amide bonds. The second-order valence-electron chi connectivity index (χ2n) is 9.57. The van der Waals surface area contributed by atoms with Crippen LogP contribution >= 0.6 is 0 Å². The maximum absolute atomic E-state index is 13.3. The molecule has 0 fully saturated rings. The van der Waals surface area contributed by atoms with Gasteiger partial charge in [0.05, 0.1) is 12.5 Å². The number of aromatic nitrogens is 1. The van der Waals surface area contributed by atoms with E-state index in [2.05, 4.69) is 20.9 Å². The van der Waals surface area contributed by atoms with E-state index in [0.717, 1.165) is 16.5 Å². The summed E-state index contributed by atoms with van der Waals surface area (Å²) in [5.41, 5.74) is 19.8. The Morgan fingerprint density at radius 3 is 2.40 bits per heavy atom. The molecule has 0 unspecified atom stereocenters. The highest BCUT2D eigenvalue weighted by Gasteiger charge is 2.27. The largest absolute Gasteiger partial charge is 0.343 e. The fourth-order valence-corrected chi connectivity index (χ4v) is 4.29. The zero-order valence-electron chi connectivity index (χ0n) is 22.8. The lowest BCUT2D eigenvalue weighted by Gasteiger charge is -2.25. The van der Waals surface area contributed by atoms with Crippen molar-refractivity contribution in [2.45, 2.75) is 31.3 Å². The minimum absolute atomic E-state index is 0.199. The van der Waals surface area contributed by atoms with Crippen molar-refractivity contribution >= 4 is 34.3 Å². The molecule has 11 nitrogen and oxygen atoms in total. The lowest BCUT2D eigenvalue weighted by molar-refractivity contribution is -0.343. The van der Waals surface area contributed by atoms with Gasteiger partial charge >= 0.3 is 0 Å². The minimum Gasteiger partial charge on any atom is -0.343 e. The van der Waals surface area contributed by atoms with Gasteiger partial charge in [-0.15, -0.1) is 0 Å². The van der Waals surface area contributed by atoms with Crippen molar-refractivity contribution in [2.24, 2.45) is 17.2 Å². The standard InChI is InChI=1S/C29H40N8O3/c30-12-14-33-15-17-37(16-13-31)27(38)19-24(32)28(39)36-26(11-10-21-6-2-1-3-7-21)29(40)35-23-18-22-8-4-5-9-25(22)34-20-23/h1-9,18,20,24,26,33H,10-17,19,30-32H2,(H,35,40)(H,36,39)/p+1/t24-,26-/m0/s1. The van der Waals surface area contributed by atoms with Crippen molar-refractivity contribution in [3.63, 3.8) is 0 Å². The molecule has 2 aromatic carbocycles. The van der Waals surface area contributed by atoms with Crippen LogP contribution < -0.4 is 38.1 Å². The molecule has 2 atom stereocenters. The Labute approximate surface area is 234 Å². The quantitative estimate of drug-likeness (QED) is 0.133. The summed E-state index contributed by atoms with van der Waals surface area (Å²) in [7, 11) is 0. The number of pyridine rings is 1. The molecule has 0 bridgehead atoms. The van der Waals surface area contributed by atoms with Gasteiger partial charge in [0.15, 0.2) is 6.20 Å². The van der Waals surface area contributed by atoms with Crippen molar-refractivity contribution in [3.8, 4) is 0 Å². The van der Waals surface area contributed by atoms with Gasteiger partial charge in [-0.1, -0.05) is 42.5 Å². The minimum atomic E-state index is -1.12. The Morgan fingerprint density at radius 1 is 0.900 bits per heavy atom. The number of anilines is 1. The molecule has 0 saturated carbocycles. The Balaban J connectivity index is 1.65. The molecule has 0 aliphatic heterocycles. The second kappa shape index (κ2) is 16.3. The van der Waals surface area contributed by atoms with Crippen molar-refractivity contribution in [1.82, 2.24) is 15.5 Å². The molecule has 0 aliphatic rings. The van der Waals surface area contributed by atoms with Crippen LogP contribution in [0.25, 0.3) is 10.9 Å². The summed E-state index contributed by atoms with van der Waals surface area (Å²) in [6.07, 6.45) is 2.42. The van der Waals surface area contributed by atoms with E-state index in [9.17, 15) is 14.4 Å². The van der Waals surface area contributed by atoms with Crippen LogP contribution in [0.15, 0.2) is 66.9 Å². The van der Waals surface area contributed by atoms with Crippen LogP contribution in [0.3, 0.4) is 0 Å². The average molecular weight is 550 g/mol. The summed E-state index contributed by atoms with van der Waals surface area (Å²) in [4.78, 5) is 44.0. The van der Waals surface area contributed by atoms with Crippen molar-refractivity contribution in [3.05, 3.63) is 72.4 Å². The predicted octanol–water partition coefficient (Wildman–Crippen LogP) is -0.237. The fourth-order valence-electron chi connectivity index (χ4n) is 4.29. The number of carbonyl (C=O) groups is 3. The van der Waals surface area contributed by atoms with E-state index < -0.39 is 18.0 Å². The van der Waals surface area contributed by atoms with Gasteiger partial charge in [0.2, 0.25) is 23.2 Å². The Morgan fingerprint density at radius 2 is 1.65 bits per heavy atom. The molecule has 214 valence electrons. The Bertz CT molecular complexity index is 1240. The first-order valence-corrected chi connectivity index (χ1v) is 13.6. The second-order valence-corrected chi connectivity index (χ2v) is 9.57. The van der Waals surface area contributed by atoms with Gasteiger partial charge in [-0.2, -0.15) is 0 Å². The van der Waals surface area contributed by atoms with Gasteiger partial charge in [0.1, 0.15) is 11.7 Å². The number of fused-ring (bicyclic) bond motifs is 1. The van der Waals surface area contributed by atoms with E-state index in [1.807, 2.05) is 60.7 Å². The molecule has 3 rings (SSSR count). The third kappa shape index (κ3) is 9.69. The van der Waals surface area contributed by atoms with Crippen LogP contribution in [0.5, 0.6) is 0 Å². The summed E-state index contributed by atoms with van der Waals surface area (Å²) >= 11 is 0. The zero-order valence-corrected chi connectivity index (χ0v) is 22.8. The maximum Gasteiger partial charge on any atom is 0.247 e. The summed E-state index contributed by atoms with van der Waals surface area (Å²) in [6, 6.07) is 17.3. The molecule has 3 aromatic rings. The van der Waals surface area contributed by atoms with Crippen LogP contribution in [0.1, 0.15) is 18.4 Å². The molecule has 0 spiro atoms. The molecule has 1 aromatic heterocycles. The third-order valence-electron chi connectivity index (χ3n) is 6.48. The Hall–Kier alpha value is -3.90. The molecule has 40 heavy (non-hydrogen) atoms. The number of aryl methyl sites for hydroxylation is 1. The van der Waals surface area contributed by atoms with Crippen LogP contribution in [0, 0.1) is 0 Å². The van der Waals surface area contributed by atoms with Crippen LogP contribution in [-0.4, -0.2) is 74.0 Å². The molecular formula is C29H41N8O3+.